The van der Waals surface area contributed by atoms with Gasteiger partial charge >= 0.3 is 0 Å². The second-order valence-corrected chi connectivity index (χ2v) is 7.91. The van der Waals surface area contributed by atoms with Crippen LogP contribution in [0.5, 0.6) is 5.75 Å². The van der Waals surface area contributed by atoms with E-state index >= 15 is 0 Å². The first kappa shape index (κ1) is 19.0. The van der Waals surface area contributed by atoms with Gasteiger partial charge in [0, 0.05) is 24.2 Å². The van der Waals surface area contributed by atoms with Crippen LogP contribution in [-0.4, -0.2) is 42.3 Å². The predicted molar refractivity (Wildman–Crippen MR) is 106 cm³/mol. The molecule has 6 nitrogen and oxygen atoms in total. The van der Waals surface area contributed by atoms with Crippen molar-refractivity contribution in [2.75, 3.05) is 25.1 Å². The van der Waals surface area contributed by atoms with Crippen molar-refractivity contribution < 1.29 is 9.53 Å². The molecule has 2 N–H and O–H groups in total. The van der Waals surface area contributed by atoms with E-state index in [-0.39, 0.29) is 17.9 Å². The summed E-state index contributed by atoms with van der Waals surface area (Å²) in [5.41, 5.74) is 2.26. The molecule has 1 saturated heterocycles. The molecule has 26 heavy (non-hydrogen) atoms. The molecule has 1 unspecified atom stereocenters. The zero-order chi connectivity index (χ0) is 18.8. The summed E-state index contributed by atoms with van der Waals surface area (Å²) >= 11 is 9.61. The molecule has 140 valence electrons. The van der Waals surface area contributed by atoms with Crippen molar-refractivity contribution >= 4 is 39.1 Å². The number of nitrogens with one attached hydrogen (secondary N) is 2. The molecule has 1 fully saturated rings. The first-order chi connectivity index (χ1) is 12.4. The van der Waals surface area contributed by atoms with E-state index in [1.807, 2.05) is 26.0 Å². The number of H-pyrrole nitrogens is 1. The molecule has 1 aliphatic rings. The highest BCUT2D eigenvalue weighted by molar-refractivity contribution is 9.10. The highest BCUT2D eigenvalue weighted by atomic mass is 79.9. The molecule has 1 aromatic carbocycles. The lowest BCUT2D eigenvalue weighted by Crippen LogP contribution is -2.37. The summed E-state index contributed by atoms with van der Waals surface area (Å²) in [4.78, 5) is 14.8. The maximum absolute atomic E-state index is 12.6. The molecule has 1 amide bonds. The molecule has 0 bridgehead atoms. The van der Waals surface area contributed by atoms with Crippen molar-refractivity contribution in [2.45, 2.75) is 32.2 Å². The molecular formula is C18H22BrClN4O2. The third kappa shape index (κ3) is 3.83. The van der Waals surface area contributed by atoms with Crippen LogP contribution < -0.4 is 15.0 Å². The lowest BCUT2D eigenvalue weighted by Gasteiger charge is -2.21. The smallest absolute Gasteiger partial charge is 0.273 e. The molecule has 1 aromatic heterocycles. The first-order valence-electron chi connectivity index (χ1n) is 8.53. The van der Waals surface area contributed by atoms with Crippen LogP contribution in [0.4, 0.5) is 5.69 Å². The molecule has 0 aliphatic carbocycles. The lowest BCUT2D eigenvalue weighted by atomic mass is 10.1. The average Bonchev–Trinajstić information content (AvgIpc) is 3.21. The number of nitrogens with zero attached hydrogens (tertiary/aromatic N) is 2. The van der Waals surface area contributed by atoms with Gasteiger partial charge in [-0.25, -0.2) is 0 Å². The molecule has 0 saturated carbocycles. The Morgan fingerprint density at radius 3 is 2.92 bits per heavy atom. The predicted octanol–water partition coefficient (Wildman–Crippen LogP) is 3.97. The van der Waals surface area contributed by atoms with Gasteiger partial charge in [-0.2, -0.15) is 5.10 Å². The van der Waals surface area contributed by atoms with Crippen molar-refractivity contribution in [1.29, 1.82) is 0 Å². The summed E-state index contributed by atoms with van der Waals surface area (Å²) < 4.78 is 6.16. The Balaban J connectivity index is 1.68. The normalized spacial score (nSPS) is 17.0. The van der Waals surface area contributed by atoms with Gasteiger partial charge in [-0.05, 0) is 46.5 Å². The number of ether oxygens (including phenoxy) is 1. The van der Waals surface area contributed by atoms with E-state index in [0.717, 1.165) is 34.6 Å². The molecule has 1 aliphatic heterocycles. The molecule has 3 rings (SSSR count). The van der Waals surface area contributed by atoms with E-state index in [1.165, 1.54) is 0 Å². The second kappa shape index (κ2) is 7.88. The number of rotatable bonds is 5. The van der Waals surface area contributed by atoms with Gasteiger partial charge in [0.05, 0.1) is 23.0 Å². The van der Waals surface area contributed by atoms with E-state index in [9.17, 15) is 4.79 Å². The highest BCUT2D eigenvalue weighted by Gasteiger charge is 2.28. The van der Waals surface area contributed by atoms with Crippen molar-refractivity contribution in [3.05, 3.63) is 39.1 Å². The van der Waals surface area contributed by atoms with Gasteiger partial charge in [0.15, 0.2) is 5.69 Å². The van der Waals surface area contributed by atoms with Gasteiger partial charge in [0.1, 0.15) is 5.75 Å². The molecular weight excluding hydrogens is 420 g/mol. The Kier molecular flexibility index (Phi) is 5.77. The number of aromatic nitrogens is 2. The number of halogens is 2. The van der Waals surface area contributed by atoms with Crippen LogP contribution in [0.2, 0.25) is 5.02 Å². The Morgan fingerprint density at radius 1 is 1.50 bits per heavy atom. The fourth-order valence-corrected chi connectivity index (χ4v) is 4.12. The van der Waals surface area contributed by atoms with Gasteiger partial charge in [-0.3, -0.25) is 9.89 Å². The number of hydrogen-bond donors (Lipinski definition) is 2. The molecule has 1 atom stereocenters. The highest BCUT2D eigenvalue weighted by Crippen LogP contribution is 2.33. The number of benzene rings is 1. The third-order valence-electron chi connectivity index (χ3n) is 4.53. The van der Waals surface area contributed by atoms with E-state index in [1.54, 1.807) is 13.2 Å². The molecule has 2 heterocycles. The van der Waals surface area contributed by atoms with Crippen molar-refractivity contribution in [1.82, 2.24) is 15.5 Å². The number of anilines is 1. The number of methoxy groups -OCH3 is 1. The van der Waals surface area contributed by atoms with Crippen LogP contribution in [0.15, 0.2) is 22.7 Å². The van der Waals surface area contributed by atoms with E-state index in [4.69, 9.17) is 16.3 Å². The monoisotopic (exact) mass is 440 g/mol. The van der Waals surface area contributed by atoms with Gasteiger partial charge in [-0.1, -0.05) is 25.4 Å². The fraction of sp³-hybridized carbons (Fsp3) is 0.444. The Bertz CT molecular complexity index is 808. The lowest BCUT2D eigenvalue weighted by molar-refractivity contribution is 0.0934. The SMILES string of the molecule is COc1ccc(Cl)cc1N1CCC(NC(=O)c2n[nH]c(C(C)C)c2Br)C1. The Hall–Kier alpha value is -1.73. The molecule has 0 spiro atoms. The number of aromatic amines is 1. The minimum Gasteiger partial charge on any atom is -0.495 e. The largest absolute Gasteiger partial charge is 0.495 e. The Labute approximate surface area is 166 Å². The van der Waals surface area contributed by atoms with Crippen LogP contribution in [0.3, 0.4) is 0 Å². The minimum atomic E-state index is -0.176. The minimum absolute atomic E-state index is 0.0392. The summed E-state index contributed by atoms with van der Waals surface area (Å²) in [5.74, 6) is 0.860. The van der Waals surface area contributed by atoms with Crippen molar-refractivity contribution in [2.24, 2.45) is 0 Å². The van der Waals surface area contributed by atoms with Gasteiger partial charge in [0.25, 0.3) is 5.91 Å². The van der Waals surface area contributed by atoms with Crippen molar-refractivity contribution in [3.8, 4) is 5.75 Å². The van der Waals surface area contributed by atoms with Crippen LogP contribution in [0.1, 0.15) is 42.4 Å². The third-order valence-corrected chi connectivity index (χ3v) is 5.57. The zero-order valence-electron chi connectivity index (χ0n) is 15.0. The molecule has 2 aromatic rings. The summed E-state index contributed by atoms with van der Waals surface area (Å²) in [5, 5.41) is 10.8. The first-order valence-corrected chi connectivity index (χ1v) is 9.71. The molecule has 8 heteroatoms. The summed E-state index contributed by atoms with van der Waals surface area (Å²) in [6.07, 6.45) is 0.848. The summed E-state index contributed by atoms with van der Waals surface area (Å²) in [6, 6.07) is 5.60. The van der Waals surface area contributed by atoms with Crippen molar-refractivity contribution in [3.63, 3.8) is 0 Å². The maximum atomic E-state index is 12.6. The standard InChI is InChI=1S/C18H22BrClN4O2/c1-10(2)16-15(19)17(23-22-16)18(25)21-12-6-7-24(9-12)13-8-11(20)4-5-14(13)26-3/h4-5,8,10,12H,6-7,9H2,1-3H3,(H,21,25)(H,22,23). The van der Waals surface area contributed by atoms with Gasteiger partial charge < -0.3 is 15.0 Å². The van der Waals surface area contributed by atoms with E-state index in [2.05, 4.69) is 36.3 Å². The van der Waals surface area contributed by atoms with E-state index < -0.39 is 0 Å². The topological polar surface area (TPSA) is 70.2 Å². The van der Waals surface area contributed by atoms with Crippen LogP contribution in [-0.2, 0) is 0 Å². The van der Waals surface area contributed by atoms with Gasteiger partial charge in [0.2, 0.25) is 0 Å². The summed E-state index contributed by atoms with van der Waals surface area (Å²) in [7, 11) is 1.64. The number of carbonyl (C=O) groups excluding carboxylic acids is 1. The average molecular weight is 442 g/mol. The van der Waals surface area contributed by atoms with Crippen LogP contribution in [0.25, 0.3) is 0 Å². The quantitative estimate of drug-likeness (QED) is 0.737. The molecule has 0 radical (unpaired) electrons. The van der Waals surface area contributed by atoms with Crippen LogP contribution >= 0.6 is 27.5 Å². The zero-order valence-corrected chi connectivity index (χ0v) is 17.3. The van der Waals surface area contributed by atoms with Gasteiger partial charge in [-0.15, -0.1) is 0 Å². The number of hydrogen-bond acceptors (Lipinski definition) is 4. The number of amides is 1. The van der Waals surface area contributed by atoms with E-state index in [0.29, 0.717) is 17.3 Å². The van der Waals surface area contributed by atoms with Crippen LogP contribution in [0, 0.1) is 0 Å². The summed E-state index contributed by atoms with van der Waals surface area (Å²) in [6.45, 7) is 5.61. The maximum Gasteiger partial charge on any atom is 0.273 e. The number of carbonyl (C=O) groups is 1. The fourth-order valence-electron chi connectivity index (χ4n) is 3.14. The second-order valence-electron chi connectivity index (χ2n) is 6.68. The Morgan fingerprint density at radius 2 is 2.27 bits per heavy atom.